The third-order valence-electron chi connectivity index (χ3n) is 6.50. The minimum atomic E-state index is 0.0252. The first kappa shape index (κ1) is 26.3. The van der Waals surface area contributed by atoms with Crippen LogP contribution in [0.1, 0.15) is 49.6 Å². The molecule has 0 spiro atoms. The first-order chi connectivity index (χ1) is 18.0. The van der Waals surface area contributed by atoms with E-state index in [0.29, 0.717) is 25.5 Å². The van der Waals surface area contributed by atoms with Crippen LogP contribution in [0.4, 0.5) is 0 Å². The number of ether oxygens (including phenoxy) is 2. The van der Waals surface area contributed by atoms with Crippen LogP contribution in [0.15, 0.2) is 72.8 Å². The zero-order chi connectivity index (χ0) is 26.0. The molecule has 37 heavy (non-hydrogen) atoms. The molecular formula is C31H37N3O3. The first-order valence-corrected chi connectivity index (χ1v) is 13.1. The number of aryl methyl sites for hydroxylation is 2. The van der Waals surface area contributed by atoms with Gasteiger partial charge in [-0.15, -0.1) is 0 Å². The Kier molecular flexibility index (Phi) is 9.19. The Bertz CT molecular complexity index is 1280. The number of imidazole rings is 1. The summed E-state index contributed by atoms with van der Waals surface area (Å²) < 4.78 is 13.5. The minimum absolute atomic E-state index is 0.0252. The van der Waals surface area contributed by atoms with Crippen LogP contribution in [0, 0.1) is 0 Å². The zero-order valence-corrected chi connectivity index (χ0v) is 22.1. The summed E-state index contributed by atoms with van der Waals surface area (Å²) in [5, 5.41) is 3.04. The van der Waals surface area contributed by atoms with Crippen LogP contribution in [0.2, 0.25) is 0 Å². The number of methoxy groups -OCH3 is 1. The fourth-order valence-electron chi connectivity index (χ4n) is 4.39. The van der Waals surface area contributed by atoms with Crippen LogP contribution >= 0.6 is 0 Å². The van der Waals surface area contributed by atoms with Crippen molar-refractivity contribution in [3.63, 3.8) is 0 Å². The summed E-state index contributed by atoms with van der Waals surface area (Å²) in [5.74, 6) is 3.29. The Labute approximate surface area is 219 Å². The van der Waals surface area contributed by atoms with Gasteiger partial charge in [-0.2, -0.15) is 0 Å². The lowest BCUT2D eigenvalue weighted by atomic mass is 10.0. The van der Waals surface area contributed by atoms with Crippen molar-refractivity contribution >= 4 is 16.9 Å². The van der Waals surface area contributed by atoms with Crippen molar-refractivity contribution in [2.75, 3.05) is 20.3 Å². The van der Waals surface area contributed by atoms with Crippen molar-refractivity contribution in [1.82, 2.24) is 14.9 Å². The van der Waals surface area contributed by atoms with Crippen molar-refractivity contribution in [1.29, 1.82) is 0 Å². The van der Waals surface area contributed by atoms with E-state index >= 15 is 0 Å². The second-order valence-electron chi connectivity index (χ2n) is 9.57. The van der Waals surface area contributed by atoms with Gasteiger partial charge in [0.25, 0.3) is 0 Å². The number of rotatable bonds is 13. The molecule has 6 nitrogen and oxygen atoms in total. The number of carbonyl (C=O) groups is 1. The van der Waals surface area contributed by atoms with Crippen LogP contribution in [0.25, 0.3) is 11.0 Å². The van der Waals surface area contributed by atoms with E-state index < -0.39 is 0 Å². The molecule has 0 bridgehead atoms. The highest BCUT2D eigenvalue weighted by Crippen LogP contribution is 2.20. The van der Waals surface area contributed by atoms with E-state index in [9.17, 15) is 4.79 Å². The molecule has 194 valence electrons. The molecule has 6 heteroatoms. The molecule has 0 atom stereocenters. The van der Waals surface area contributed by atoms with Crippen molar-refractivity contribution in [3.8, 4) is 11.5 Å². The fourth-order valence-corrected chi connectivity index (χ4v) is 4.39. The Balaban J connectivity index is 1.27. The number of nitrogens with zero attached hydrogens (tertiary/aromatic N) is 2. The van der Waals surface area contributed by atoms with Gasteiger partial charge in [0.2, 0.25) is 5.91 Å². The Morgan fingerprint density at radius 3 is 2.41 bits per heavy atom. The quantitative estimate of drug-likeness (QED) is 0.232. The van der Waals surface area contributed by atoms with E-state index in [0.717, 1.165) is 59.7 Å². The van der Waals surface area contributed by atoms with Gasteiger partial charge < -0.3 is 19.4 Å². The van der Waals surface area contributed by atoms with E-state index in [1.54, 1.807) is 7.11 Å². The normalized spacial score (nSPS) is 11.1. The number of hydrogen-bond acceptors (Lipinski definition) is 4. The lowest BCUT2D eigenvalue weighted by molar-refractivity contribution is -0.120. The van der Waals surface area contributed by atoms with E-state index in [1.165, 1.54) is 5.56 Å². The van der Waals surface area contributed by atoms with Crippen LogP contribution < -0.4 is 14.8 Å². The lowest BCUT2D eigenvalue weighted by Gasteiger charge is -2.12. The zero-order valence-electron chi connectivity index (χ0n) is 22.1. The van der Waals surface area contributed by atoms with Gasteiger partial charge >= 0.3 is 0 Å². The lowest BCUT2D eigenvalue weighted by Crippen LogP contribution is -2.26. The number of para-hydroxylation sites is 2. The van der Waals surface area contributed by atoms with E-state index in [1.807, 2.05) is 30.3 Å². The van der Waals surface area contributed by atoms with Gasteiger partial charge in [0.15, 0.2) is 0 Å². The van der Waals surface area contributed by atoms with Gasteiger partial charge in [0, 0.05) is 19.5 Å². The van der Waals surface area contributed by atoms with Gasteiger partial charge in [-0.05, 0) is 66.3 Å². The molecule has 0 fully saturated rings. The largest absolute Gasteiger partial charge is 0.497 e. The molecule has 0 radical (unpaired) electrons. The molecule has 0 aliphatic heterocycles. The summed E-state index contributed by atoms with van der Waals surface area (Å²) in [6.07, 6.45) is 2.88. The van der Waals surface area contributed by atoms with Crippen molar-refractivity contribution in [2.24, 2.45) is 0 Å². The van der Waals surface area contributed by atoms with E-state index in [4.69, 9.17) is 14.5 Å². The van der Waals surface area contributed by atoms with Crippen LogP contribution in [0.3, 0.4) is 0 Å². The minimum Gasteiger partial charge on any atom is -0.497 e. The summed E-state index contributed by atoms with van der Waals surface area (Å²) in [5.41, 5.74) is 4.44. The van der Waals surface area contributed by atoms with Crippen LogP contribution in [0.5, 0.6) is 11.5 Å². The second-order valence-corrected chi connectivity index (χ2v) is 9.57. The predicted octanol–water partition coefficient (Wildman–Crippen LogP) is 5.93. The Morgan fingerprint density at radius 1 is 0.946 bits per heavy atom. The number of fused-ring (bicyclic) bond motifs is 1. The number of amides is 1. The summed E-state index contributed by atoms with van der Waals surface area (Å²) >= 11 is 0. The van der Waals surface area contributed by atoms with Gasteiger partial charge in [0.05, 0.1) is 31.2 Å². The van der Waals surface area contributed by atoms with Crippen LogP contribution in [-0.2, 0) is 24.2 Å². The third-order valence-corrected chi connectivity index (χ3v) is 6.50. The van der Waals surface area contributed by atoms with Gasteiger partial charge in [-0.3, -0.25) is 4.79 Å². The highest BCUT2D eigenvalue weighted by atomic mass is 16.5. The molecule has 0 saturated carbocycles. The molecule has 0 aliphatic carbocycles. The second kappa shape index (κ2) is 12.9. The van der Waals surface area contributed by atoms with Gasteiger partial charge in [-0.1, -0.05) is 50.2 Å². The number of aromatic nitrogens is 2. The SMILES string of the molecule is COc1ccc(CC(=O)NCCCc2nc3ccccc3n2CCCOc2ccc(C(C)C)cc2)cc1. The average molecular weight is 500 g/mol. The Hall–Kier alpha value is -3.80. The third kappa shape index (κ3) is 7.35. The highest BCUT2D eigenvalue weighted by molar-refractivity contribution is 5.78. The van der Waals surface area contributed by atoms with E-state index in [2.05, 4.69) is 66.2 Å². The number of hydrogen-bond donors (Lipinski definition) is 1. The topological polar surface area (TPSA) is 65.4 Å². The van der Waals surface area contributed by atoms with Gasteiger partial charge in [-0.25, -0.2) is 4.98 Å². The summed E-state index contributed by atoms with van der Waals surface area (Å²) in [4.78, 5) is 17.2. The predicted molar refractivity (Wildman–Crippen MR) is 148 cm³/mol. The molecule has 3 aromatic carbocycles. The van der Waals surface area contributed by atoms with Crippen LogP contribution in [-0.4, -0.2) is 35.7 Å². The van der Waals surface area contributed by atoms with Crippen molar-refractivity contribution < 1.29 is 14.3 Å². The van der Waals surface area contributed by atoms with Gasteiger partial charge in [0.1, 0.15) is 17.3 Å². The summed E-state index contributed by atoms with van der Waals surface area (Å²) in [6, 6.07) is 24.2. The Morgan fingerprint density at radius 2 is 1.68 bits per heavy atom. The highest BCUT2D eigenvalue weighted by Gasteiger charge is 2.11. The molecule has 1 N–H and O–H groups in total. The summed E-state index contributed by atoms with van der Waals surface area (Å²) in [6.45, 7) is 6.49. The number of nitrogens with one attached hydrogen (secondary N) is 1. The molecular weight excluding hydrogens is 462 g/mol. The molecule has 1 aromatic heterocycles. The number of carbonyl (C=O) groups excluding carboxylic acids is 1. The summed E-state index contributed by atoms with van der Waals surface area (Å²) in [7, 11) is 1.64. The average Bonchev–Trinajstić information content (AvgIpc) is 3.27. The number of benzene rings is 3. The fraction of sp³-hybridized carbons (Fsp3) is 0.355. The molecule has 0 saturated heterocycles. The smallest absolute Gasteiger partial charge is 0.224 e. The molecule has 1 amide bonds. The van der Waals surface area contributed by atoms with Crippen molar-refractivity contribution in [3.05, 3.63) is 89.7 Å². The maximum Gasteiger partial charge on any atom is 0.224 e. The standard InChI is InChI=1S/C31H37N3O3/c1-23(2)25-13-17-27(18-14-25)37-21-7-20-34-29-9-5-4-8-28(29)33-30(34)10-6-19-32-31(35)22-24-11-15-26(36-3)16-12-24/h4-5,8-9,11-18,23H,6-7,10,19-22H2,1-3H3,(H,32,35). The monoisotopic (exact) mass is 499 g/mol. The molecule has 0 unspecified atom stereocenters. The first-order valence-electron chi connectivity index (χ1n) is 13.1. The van der Waals surface area contributed by atoms with Crippen molar-refractivity contribution in [2.45, 2.75) is 52.0 Å². The molecule has 1 heterocycles. The maximum atomic E-state index is 12.4. The molecule has 4 aromatic rings. The molecule has 4 rings (SSSR count). The van der Waals surface area contributed by atoms with E-state index in [-0.39, 0.29) is 5.91 Å². The maximum absolute atomic E-state index is 12.4. The molecule has 0 aliphatic rings.